The van der Waals surface area contributed by atoms with Crippen LogP contribution in [-0.2, 0) is 4.74 Å². The Labute approximate surface area is 220 Å². The molecule has 8 nitrogen and oxygen atoms in total. The number of anilines is 2. The number of benzene rings is 1. The largest absolute Gasteiger partial charge is 0.475 e. The summed E-state index contributed by atoms with van der Waals surface area (Å²) in [5.41, 5.74) is 2.14. The number of hydrogen-bond donors (Lipinski definition) is 2. The van der Waals surface area contributed by atoms with Crippen LogP contribution in [0.3, 0.4) is 0 Å². The smallest absolute Gasteiger partial charge is 0.389 e. The second-order valence-corrected chi connectivity index (χ2v) is 10.6. The maximum atomic E-state index is 12.8. The number of halogens is 3. The van der Waals surface area contributed by atoms with Crippen LogP contribution in [-0.4, -0.2) is 78.8 Å². The van der Waals surface area contributed by atoms with E-state index in [0.717, 1.165) is 22.5 Å². The lowest BCUT2D eigenvalue weighted by Gasteiger charge is -2.29. The van der Waals surface area contributed by atoms with E-state index >= 15 is 0 Å². The monoisotopic (exact) mass is 536 g/mol. The number of urea groups is 1. The Morgan fingerprint density at radius 1 is 1.18 bits per heavy atom. The van der Waals surface area contributed by atoms with Crippen molar-refractivity contribution in [3.63, 3.8) is 0 Å². The molecule has 0 bridgehead atoms. The third-order valence-electron chi connectivity index (χ3n) is 6.59. The maximum absolute atomic E-state index is 12.8. The van der Waals surface area contributed by atoms with E-state index in [1.165, 1.54) is 4.90 Å². The molecule has 3 heterocycles. The first-order chi connectivity index (χ1) is 17.9. The van der Waals surface area contributed by atoms with Crippen molar-refractivity contribution in [2.24, 2.45) is 5.92 Å². The van der Waals surface area contributed by atoms with Gasteiger partial charge in [-0.25, -0.2) is 4.79 Å². The van der Waals surface area contributed by atoms with Gasteiger partial charge in [0.15, 0.2) is 0 Å². The molecule has 1 atom stereocenters. The first-order valence-electron chi connectivity index (χ1n) is 12.8. The van der Waals surface area contributed by atoms with Crippen molar-refractivity contribution in [1.29, 1.82) is 0 Å². The third-order valence-corrected chi connectivity index (χ3v) is 6.59. The molecule has 1 aromatic heterocycles. The molecule has 2 saturated heterocycles. The summed E-state index contributed by atoms with van der Waals surface area (Å²) < 4.78 is 49.6. The number of pyridine rings is 1. The van der Waals surface area contributed by atoms with E-state index in [9.17, 15) is 23.1 Å². The van der Waals surface area contributed by atoms with Crippen molar-refractivity contribution in [1.82, 2.24) is 9.88 Å². The highest BCUT2D eigenvalue weighted by Gasteiger charge is 2.36. The summed E-state index contributed by atoms with van der Waals surface area (Å²) in [7, 11) is 0. The van der Waals surface area contributed by atoms with Crippen LogP contribution in [0, 0.1) is 12.8 Å². The van der Waals surface area contributed by atoms with Gasteiger partial charge >= 0.3 is 12.2 Å². The molecule has 0 aliphatic carbocycles. The number of aliphatic hydroxyl groups is 1. The molecule has 2 aliphatic heterocycles. The summed E-state index contributed by atoms with van der Waals surface area (Å²) in [6.07, 6.45) is -4.78. The predicted octanol–water partition coefficient (Wildman–Crippen LogP) is 4.85. The Bertz CT molecular complexity index is 1130. The van der Waals surface area contributed by atoms with Crippen LogP contribution >= 0.6 is 0 Å². The van der Waals surface area contributed by atoms with E-state index in [4.69, 9.17) is 9.47 Å². The van der Waals surface area contributed by atoms with Crippen LogP contribution in [0.25, 0.3) is 11.1 Å². The first kappa shape index (κ1) is 28.0. The number of alkyl halides is 3. The van der Waals surface area contributed by atoms with Crippen LogP contribution in [0.5, 0.6) is 5.88 Å². The summed E-state index contributed by atoms with van der Waals surface area (Å²) in [4.78, 5) is 21.0. The van der Waals surface area contributed by atoms with Crippen molar-refractivity contribution in [2.45, 2.75) is 45.4 Å². The van der Waals surface area contributed by atoms with Crippen LogP contribution < -0.4 is 15.0 Å². The standard InChI is InChI=1S/C27H35F3N4O4/c1-18-4-5-21(31-25(35)34-7-6-19(16-34)15-27(28,29)30)14-22(18)20-12-23(33-8-10-37-11-9-33)32-24(13-20)38-17-26(2,3)36/h4-5,12-14,19,36H,6-11,15-17H2,1-3H3,(H,31,35)/t19-/m0/s1. The minimum atomic E-state index is -4.23. The number of carbonyl (C=O) groups is 1. The van der Waals surface area contributed by atoms with Crippen LogP contribution in [0.15, 0.2) is 30.3 Å². The number of aryl methyl sites for hydroxylation is 1. The Morgan fingerprint density at radius 2 is 1.92 bits per heavy atom. The lowest BCUT2D eigenvalue weighted by atomic mass is 10.00. The Hall–Kier alpha value is -3.05. The fourth-order valence-corrected chi connectivity index (χ4v) is 4.65. The Kier molecular flexibility index (Phi) is 8.37. The van der Waals surface area contributed by atoms with Gasteiger partial charge in [0.1, 0.15) is 12.4 Å². The van der Waals surface area contributed by atoms with Gasteiger partial charge in [-0.05, 0) is 68.0 Å². The van der Waals surface area contributed by atoms with Gasteiger partial charge in [-0.2, -0.15) is 18.2 Å². The fraction of sp³-hybridized carbons (Fsp3) is 0.556. The summed E-state index contributed by atoms with van der Waals surface area (Å²) >= 11 is 0. The molecule has 38 heavy (non-hydrogen) atoms. The van der Waals surface area contributed by atoms with Gasteiger partial charge in [-0.3, -0.25) is 0 Å². The van der Waals surface area contributed by atoms with Gasteiger partial charge in [0.2, 0.25) is 5.88 Å². The molecule has 4 rings (SSSR count). The second-order valence-electron chi connectivity index (χ2n) is 10.6. The summed E-state index contributed by atoms with van der Waals surface area (Å²) in [6, 6.07) is 8.84. The number of rotatable bonds is 7. The second kappa shape index (κ2) is 11.4. The number of aromatic nitrogens is 1. The summed E-state index contributed by atoms with van der Waals surface area (Å²) in [5.74, 6) is 0.512. The van der Waals surface area contributed by atoms with E-state index < -0.39 is 30.1 Å². The molecule has 208 valence electrons. The number of ether oxygens (including phenoxy) is 2. The molecule has 0 spiro atoms. The van der Waals surface area contributed by atoms with Crippen molar-refractivity contribution >= 4 is 17.5 Å². The number of hydrogen-bond acceptors (Lipinski definition) is 6. The molecule has 2 amide bonds. The number of nitrogens with one attached hydrogen (secondary N) is 1. The average Bonchev–Trinajstić information content (AvgIpc) is 3.31. The molecule has 2 fully saturated rings. The minimum Gasteiger partial charge on any atom is -0.475 e. The number of carbonyl (C=O) groups excluding carboxylic acids is 1. The maximum Gasteiger partial charge on any atom is 0.389 e. The zero-order chi connectivity index (χ0) is 27.5. The number of nitrogens with zero attached hydrogens (tertiary/aromatic N) is 3. The van der Waals surface area contributed by atoms with Gasteiger partial charge in [0.05, 0.1) is 18.8 Å². The van der Waals surface area contributed by atoms with Crippen LogP contribution in [0.1, 0.15) is 32.3 Å². The van der Waals surface area contributed by atoms with E-state index in [1.807, 2.05) is 25.1 Å². The Balaban J connectivity index is 1.55. The normalized spacial score (nSPS) is 18.6. The van der Waals surface area contributed by atoms with E-state index in [-0.39, 0.29) is 13.2 Å². The van der Waals surface area contributed by atoms with Crippen LogP contribution in [0.4, 0.5) is 29.5 Å². The molecule has 1 aromatic carbocycles. The predicted molar refractivity (Wildman–Crippen MR) is 139 cm³/mol. The minimum absolute atomic E-state index is 0.0618. The van der Waals surface area contributed by atoms with Crippen molar-refractivity contribution in [3.05, 3.63) is 35.9 Å². The number of morpholine rings is 1. The number of amides is 2. The number of likely N-dealkylation sites (tertiary alicyclic amines) is 1. The van der Waals surface area contributed by atoms with Crippen molar-refractivity contribution < 1.29 is 32.5 Å². The van der Waals surface area contributed by atoms with E-state index in [1.54, 1.807) is 26.0 Å². The average molecular weight is 537 g/mol. The van der Waals surface area contributed by atoms with Crippen molar-refractivity contribution in [2.75, 3.05) is 56.2 Å². The summed E-state index contributed by atoms with van der Waals surface area (Å²) in [6.45, 7) is 8.24. The molecule has 2 aromatic rings. The van der Waals surface area contributed by atoms with Gasteiger partial charge in [-0.15, -0.1) is 0 Å². The molecule has 0 unspecified atom stereocenters. The lowest BCUT2D eigenvalue weighted by Crippen LogP contribution is -2.36. The molecule has 11 heteroatoms. The highest BCUT2D eigenvalue weighted by Crippen LogP contribution is 2.33. The lowest BCUT2D eigenvalue weighted by molar-refractivity contribution is -0.143. The fourth-order valence-electron chi connectivity index (χ4n) is 4.65. The molecule has 2 N–H and O–H groups in total. The van der Waals surface area contributed by atoms with E-state index in [2.05, 4.69) is 15.2 Å². The quantitative estimate of drug-likeness (QED) is 0.526. The van der Waals surface area contributed by atoms with Gasteiger partial charge in [0, 0.05) is 44.4 Å². The molecule has 0 saturated carbocycles. The van der Waals surface area contributed by atoms with Gasteiger partial charge in [-0.1, -0.05) is 6.07 Å². The van der Waals surface area contributed by atoms with Gasteiger partial charge in [0.25, 0.3) is 0 Å². The van der Waals surface area contributed by atoms with Crippen molar-refractivity contribution in [3.8, 4) is 17.0 Å². The molecular weight excluding hydrogens is 501 g/mol. The topological polar surface area (TPSA) is 87.2 Å². The van der Waals surface area contributed by atoms with Crippen LogP contribution in [0.2, 0.25) is 0 Å². The van der Waals surface area contributed by atoms with Gasteiger partial charge < -0.3 is 29.7 Å². The first-order valence-corrected chi connectivity index (χ1v) is 12.8. The van der Waals surface area contributed by atoms with E-state index in [0.29, 0.717) is 50.8 Å². The highest BCUT2D eigenvalue weighted by atomic mass is 19.4. The molecule has 2 aliphatic rings. The SMILES string of the molecule is Cc1ccc(NC(=O)N2CC[C@@H](CC(F)(F)F)C2)cc1-c1cc(OCC(C)(C)O)nc(N2CCOCC2)c1. The third kappa shape index (κ3) is 7.73. The Morgan fingerprint density at radius 3 is 2.61 bits per heavy atom. The highest BCUT2D eigenvalue weighted by molar-refractivity contribution is 5.90. The zero-order valence-electron chi connectivity index (χ0n) is 22.0. The zero-order valence-corrected chi connectivity index (χ0v) is 22.0. The molecular formula is C27H35F3N4O4. The molecule has 0 radical (unpaired) electrons. The summed E-state index contributed by atoms with van der Waals surface area (Å²) in [5, 5.41) is 13.0.